The molecular formula is C13H9F3N2O2. The average molecular weight is 282 g/mol. The van der Waals surface area contributed by atoms with E-state index in [0.717, 1.165) is 18.2 Å². The lowest BCUT2D eigenvalue weighted by atomic mass is 10.1. The Morgan fingerprint density at radius 3 is 2.75 bits per heavy atom. The van der Waals surface area contributed by atoms with E-state index < -0.39 is 17.6 Å². The Labute approximate surface area is 111 Å². The smallest absolute Gasteiger partial charge is 0.416 e. The van der Waals surface area contributed by atoms with Crippen molar-refractivity contribution in [3.05, 3.63) is 59.5 Å². The molecule has 0 bridgehead atoms. The number of amides is 1. The van der Waals surface area contributed by atoms with E-state index in [0.29, 0.717) is 5.56 Å². The lowest BCUT2D eigenvalue weighted by Gasteiger charge is -2.07. The molecule has 104 valence electrons. The molecule has 1 N–H and O–H groups in total. The van der Waals surface area contributed by atoms with Crippen LogP contribution in [-0.2, 0) is 6.18 Å². The van der Waals surface area contributed by atoms with Gasteiger partial charge in [0.05, 0.1) is 24.3 Å². The Morgan fingerprint density at radius 1 is 1.30 bits per heavy atom. The Kier molecular flexibility index (Phi) is 3.88. The van der Waals surface area contributed by atoms with Gasteiger partial charge < -0.3 is 4.42 Å². The normalized spacial score (nSPS) is 11.8. The van der Waals surface area contributed by atoms with E-state index in [4.69, 9.17) is 4.42 Å². The molecule has 7 heteroatoms. The number of hydrogen-bond acceptors (Lipinski definition) is 3. The van der Waals surface area contributed by atoms with Gasteiger partial charge in [-0.2, -0.15) is 18.3 Å². The fourth-order valence-electron chi connectivity index (χ4n) is 1.42. The first-order chi connectivity index (χ1) is 9.47. The molecular weight excluding hydrogens is 273 g/mol. The molecule has 2 rings (SSSR count). The van der Waals surface area contributed by atoms with Gasteiger partial charge in [0.1, 0.15) is 0 Å². The average Bonchev–Trinajstić information content (AvgIpc) is 2.91. The summed E-state index contributed by atoms with van der Waals surface area (Å²) >= 11 is 0. The van der Waals surface area contributed by atoms with Crippen LogP contribution in [0.1, 0.15) is 21.5 Å². The molecule has 0 spiro atoms. The van der Waals surface area contributed by atoms with Gasteiger partial charge in [0, 0.05) is 11.1 Å². The summed E-state index contributed by atoms with van der Waals surface area (Å²) in [5.41, 5.74) is 1.75. The molecule has 0 fully saturated rings. The molecule has 1 aromatic heterocycles. The summed E-state index contributed by atoms with van der Waals surface area (Å²) in [6, 6.07) is 5.71. The number of rotatable bonds is 3. The molecule has 0 atom stereocenters. The Morgan fingerprint density at radius 2 is 2.10 bits per heavy atom. The Hall–Kier alpha value is -2.57. The standard InChI is InChI=1S/C13H9F3N2O2/c14-13(15,16)11-3-1-2-10(6-11)12(19)18-17-7-9-4-5-20-8-9/h1-8H,(H,18,19)/b17-7-. The van der Waals surface area contributed by atoms with Crippen LogP contribution in [0.4, 0.5) is 13.2 Å². The summed E-state index contributed by atoms with van der Waals surface area (Å²) in [7, 11) is 0. The second-order valence-electron chi connectivity index (χ2n) is 3.83. The third-order valence-electron chi connectivity index (χ3n) is 2.37. The van der Waals surface area contributed by atoms with Gasteiger partial charge in [-0.1, -0.05) is 6.07 Å². The van der Waals surface area contributed by atoms with Crippen molar-refractivity contribution in [2.75, 3.05) is 0 Å². The van der Waals surface area contributed by atoms with Crippen LogP contribution in [0, 0.1) is 0 Å². The topological polar surface area (TPSA) is 54.6 Å². The van der Waals surface area contributed by atoms with Crippen LogP contribution in [0.3, 0.4) is 0 Å². The van der Waals surface area contributed by atoms with Crippen molar-refractivity contribution in [2.45, 2.75) is 6.18 Å². The number of hydrazone groups is 1. The van der Waals surface area contributed by atoms with Crippen LogP contribution in [0.5, 0.6) is 0 Å². The fourth-order valence-corrected chi connectivity index (χ4v) is 1.42. The van der Waals surface area contributed by atoms with Crippen molar-refractivity contribution in [3.63, 3.8) is 0 Å². The molecule has 1 amide bonds. The van der Waals surface area contributed by atoms with Gasteiger partial charge in [-0.05, 0) is 24.3 Å². The molecule has 0 aliphatic carbocycles. The highest BCUT2D eigenvalue weighted by molar-refractivity contribution is 5.95. The molecule has 0 aliphatic rings. The summed E-state index contributed by atoms with van der Waals surface area (Å²) in [6.45, 7) is 0. The minimum Gasteiger partial charge on any atom is -0.472 e. The van der Waals surface area contributed by atoms with Gasteiger partial charge in [0.2, 0.25) is 0 Å². The molecule has 20 heavy (non-hydrogen) atoms. The zero-order valence-electron chi connectivity index (χ0n) is 10.0. The SMILES string of the molecule is O=C(N/N=C\c1ccoc1)c1cccc(C(F)(F)F)c1. The molecule has 1 heterocycles. The molecule has 2 aromatic rings. The quantitative estimate of drug-likeness (QED) is 0.694. The maximum Gasteiger partial charge on any atom is 0.416 e. The molecule has 0 saturated carbocycles. The first kappa shape index (κ1) is 13.9. The van der Waals surface area contributed by atoms with Gasteiger partial charge in [-0.3, -0.25) is 4.79 Å². The lowest BCUT2D eigenvalue weighted by Crippen LogP contribution is -2.18. The number of benzene rings is 1. The second kappa shape index (κ2) is 5.60. The van der Waals surface area contributed by atoms with E-state index in [1.54, 1.807) is 6.07 Å². The van der Waals surface area contributed by atoms with Crippen molar-refractivity contribution in [1.29, 1.82) is 0 Å². The van der Waals surface area contributed by atoms with E-state index in [-0.39, 0.29) is 5.56 Å². The zero-order chi connectivity index (χ0) is 14.6. The number of alkyl halides is 3. The molecule has 0 radical (unpaired) electrons. The first-order valence-corrected chi connectivity index (χ1v) is 5.50. The minimum atomic E-state index is -4.49. The number of halogens is 3. The lowest BCUT2D eigenvalue weighted by molar-refractivity contribution is -0.137. The third-order valence-corrected chi connectivity index (χ3v) is 2.37. The highest BCUT2D eigenvalue weighted by Gasteiger charge is 2.30. The van der Waals surface area contributed by atoms with Gasteiger partial charge in [-0.15, -0.1) is 0 Å². The van der Waals surface area contributed by atoms with Crippen molar-refractivity contribution in [1.82, 2.24) is 5.43 Å². The summed E-state index contributed by atoms with van der Waals surface area (Å²) in [5, 5.41) is 3.62. The zero-order valence-corrected chi connectivity index (χ0v) is 10.0. The monoisotopic (exact) mass is 282 g/mol. The second-order valence-corrected chi connectivity index (χ2v) is 3.83. The molecule has 4 nitrogen and oxygen atoms in total. The van der Waals surface area contributed by atoms with Crippen molar-refractivity contribution >= 4 is 12.1 Å². The highest BCUT2D eigenvalue weighted by Crippen LogP contribution is 2.29. The first-order valence-electron chi connectivity index (χ1n) is 5.50. The number of nitrogens with one attached hydrogen (secondary N) is 1. The van der Waals surface area contributed by atoms with Crippen LogP contribution in [0.2, 0.25) is 0 Å². The third kappa shape index (κ3) is 3.47. The van der Waals surface area contributed by atoms with Gasteiger partial charge >= 0.3 is 6.18 Å². The van der Waals surface area contributed by atoms with Crippen LogP contribution in [0.25, 0.3) is 0 Å². The number of furan rings is 1. The largest absolute Gasteiger partial charge is 0.472 e. The number of carbonyl (C=O) groups is 1. The van der Waals surface area contributed by atoms with Crippen LogP contribution < -0.4 is 5.43 Å². The number of carbonyl (C=O) groups excluding carboxylic acids is 1. The number of nitrogens with zero attached hydrogens (tertiary/aromatic N) is 1. The summed E-state index contributed by atoms with van der Waals surface area (Å²) in [6.07, 6.45) is -0.346. The molecule has 0 saturated heterocycles. The number of hydrogen-bond donors (Lipinski definition) is 1. The molecule has 0 unspecified atom stereocenters. The highest BCUT2D eigenvalue weighted by atomic mass is 19.4. The Balaban J connectivity index is 2.06. The Bertz CT molecular complexity index is 619. The van der Waals surface area contributed by atoms with Gasteiger partial charge in [-0.25, -0.2) is 5.43 Å². The fraction of sp³-hybridized carbons (Fsp3) is 0.0769. The summed E-state index contributed by atoms with van der Waals surface area (Å²) < 4.78 is 42.3. The van der Waals surface area contributed by atoms with E-state index in [1.807, 2.05) is 0 Å². The van der Waals surface area contributed by atoms with Gasteiger partial charge in [0.25, 0.3) is 5.91 Å². The minimum absolute atomic E-state index is 0.121. The molecule has 1 aromatic carbocycles. The van der Waals surface area contributed by atoms with Crippen molar-refractivity contribution in [2.24, 2.45) is 5.10 Å². The predicted molar refractivity (Wildman–Crippen MR) is 65.2 cm³/mol. The van der Waals surface area contributed by atoms with Crippen LogP contribution in [-0.4, -0.2) is 12.1 Å². The predicted octanol–water partition coefficient (Wildman–Crippen LogP) is 3.06. The summed E-state index contributed by atoms with van der Waals surface area (Å²) in [5.74, 6) is -0.726. The van der Waals surface area contributed by atoms with Crippen molar-refractivity contribution in [3.8, 4) is 0 Å². The van der Waals surface area contributed by atoms with E-state index in [9.17, 15) is 18.0 Å². The maximum absolute atomic E-state index is 12.5. The maximum atomic E-state index is 12.5. The molecule has 0 aliphatic heterocycles. The van der Waals surface area contributed by atoms with Gasteiger partial charge in [0.15, 0.2) is 0 Å². The van der Waals surface area contributed by atoms with Crippen molar-refractivity contribution < 1.29 is 22.4 Å². The van der Waals surface area contributed by atoms with E-state index in [1.165, 1.54) is 24.8 Å². The van der Waals surface area contributed by atoms with E-state index in [2.05, 4.69) is 10.5 Å². The van der Waals surface area contributed by atoms with Crippen LogP contribution >= 0.6 is 0 Å². The van der Waals surface area contributed by atoms with E-state index >= 15 is 0 Å². The van der Waals surface area contributed by atoms with Crippen LogP contribution in [0.15, 0.2) is 52.4 Å². The summed E-state index contributed by atoms with van der Waals surface area (Å²) in [4.78, 5) is 11.6.